The van der Waals surface area contributed by atoms with Crippen molar-refractivity contribution in [2.45, 2.75) is 12.8 Å². The van der Waals surface area contributed by atoms with Gasteiger partial charge in [0.15, 0.2) is 0 Å². The Labute approximate surface area is 69.8 Å². The molecule has 0 amide bonds. The summed E-state index contributed by atoms with van der Waals surface area (Å²) in [4.78, 5) is 21.6. The lowest BCUT2D eigenvalue weighted by atomic mass is 10.0. The molecule has 0 spiro atoms. The molecular formula is C8H10O4. The second-order valence-corrected chi connectivity index (χ2v) is 2.62. The van der Waals surface area contributed by atoms with Crippen LogP contribution in [0.2, 0.25) is 0 Å². The number of allylic oxidation sites excluding steroid dienone is 1. The molecule has 4 heteroatoms. The van der Waals surface area contributed by atoms with E-state index in [0.29, 0.717) is 12.8 Å². The lowest BCUT2D eigenvalue weighted by Crippen LogP contribution is -2.19. The van der Waals surface area contributed by atoms with Gasteiger partial charge in [-0.3, -0.25) is 4.79 Å². The van der Waals surface area contributed by atoms with Gasteiger partial charge in [0.2, 0.25) is 0 Å². The smallest absolute Gasteiger partial charge is 0.334 e. The quantitative estimate of drug-likeness (QED) is 0.616. The third-order valence-corrected chi connectivity index (χ3v) is 1.91. The first-order chi connectivity index (χ1) is 5.66. The summed E-state index contributed by atoms with van der Waals surface area (Å²) < 4.78 is 4.44. The number of carbonyl (C=O) groups is 2. The Morgan fingerprint density at radius 3 is 2.83 bits per heavy atom. The van der Waals surface area contributed by atoms with Crippen molar-refractivity contribution in [1.29, 1.82) is 0 Å². The Bertz CT molecular complexity index is 241. The lowest BCUT2D eigenvalue weighted by Gasteiger charge is -2.06. The monoisotopic (exact) mass is 170 g/mol. The first-order valence-corrected chi connectivity index (χ1v) is 3.68. The van der Waals surface area contributed by atoms with E-state index in [9.17, 15) is 9.59 Å². The Morgan fingerprint density at radius 2 is 2.33 bits per heavy atom. The van der Waals surface area contributed by atoms with Crippen LogP contribution in [0.1, 0.15) is 12.8 Å². The number of rotatable bonds is 2. The minimum atomic E-state index is -0.954. The minimum absolute atomic E-state index is 0.282. The zero-order valence-corrected chi connectivity index (χ0v) is 6.74. The molecule has 66 valence electrons. The van der Waals surface area contributed by atoms with E-state index in [2.05, 4.69) is 4.74 Å². The van der Waals surface area contributed by atoms with Gasteiger partial charge in [-0.15, -0.1) is 0 Å². The molecule has 0 aromatic heterocycles. The first-order valence-electron chi connectivity index (χ1n) is 3.68. The van der Waals surface area contributed by atoms with E-state index >= 15 is 0 Å². The molecule has 0 radical (unpaired) electrons. The second-order valence-electron chi connectivity index (χ2n) is 2.62. The van der Waals surface area contributed by atoms with Crippen molar-refractivity contribution in [1.82, 2.24) is 0 Å². The molecule has 4 nitrogen and oxygen atoms in total. The number of carboxylic acids is 1. The summed E-state index contributed by atoms with van der Waals surface area (Å²) in [7, 11) is 1.25. The summed E-state index contributed by atoms with van der Waals surface area (Å²) in [5.41, 5.74) is 0.282. The van der Waals surface area contributed by atoms with Gasteiger partial charge in [-0.2, -0.15) is 0 Å². The van der Waals surface area contributed by atoms with Crippen LogP contribution in [0.3, 0.4) is 0 Å². The third kappa shape index (κ3) is 1.47. The molecule has 1 aliphatic carbocycles. The molecule has 12 heavy (non-hydrogen) atoms. The van der Waals surface area contributed by atoms with E-state index in [1.807, 2.05) is 0 Å². The van der Waals surface area contributed by atoms with E-state index in [-0.39, 0.29) is 5.57 Å². The highest BCUT2D eigenvalue weighted by atomic mass is 16.5. The zero-order chi connectivity index (χ0) is 9.14. The van der Waals surface area contributed by atoms with Gasteiger partial charge in [0.05, 0.1) is 13.0 Å². The fraction of sp³-hybridized carbons (Fsp3) is 0.500. The van der Waals surface area contributed by atoms with Crippen LogP contribution in [0.5, 0.6) is 0 Å². The number of ether oxygens (including phenoxy) is 1. The maximum Gasteiger partial charge on any atom is 0.334 e. The molecule has 0 aromatic carbocycles. The summed E-state index contributed by atoms with van der Waals surface area (Å²) in [5.74, 6) is -2.15. The van der Waals surface area contributed by atoms with Crippen molar-refractivity contribution in [2.75, 3.05) is 7.11 Å². The number of carbonyl (C=O) groups excluding carboxylic acids is 1. The van der Waals surface area contributed by atoms with Crippen molar-refractivity contribution in [2.24, 2.45) is 5.92 Å². The van der Waals surface area contributed by atoms with Crippen LogP contribution in [-0.4, -0.2) is 24.2 Å². The average molecular weight is 170 g/mol. The number of carboxylic acid groups (broad SMARTS) is 1. The van der Waals surface area contributed by atoms with Crippen LogP contribution in [0.4, 0.5) is 0 Å². The van der Waals surface area contributed by atoms with Crippen molar-refractivity contribution in [3.63, 3.8) is 0 Å². The summed E-state index contributed by atoms with van der Waals surface area (Å²) >= 11 is 0. The highest BCUT2D eigenvalue weighted by Crippen LogP contribution is 2.26. The SMILES string of the molecule is COC(=O)C1=CCCC1C(=O)O. The summed E-state index contributed by atoms with van der Waals surface area (Å²) in [5, 5.41) is 8.68. The number of hydrogen-bond donors (Lipinski definition) is 1. The molecule has 1 rings (SSSR count). The van der Waals surface area contributed by atoms with Gasteiger partial charge in [-0.1, -0.05) is 6.08 Å². The molecular weight excluding hydrogens is 160 g/mol. The molecule has 0 saturated carbocycles. The van der Waals surface area contributed by atoms with Crippen molar-refractivity contribution >= 4 is 11.9 Å². The van der Waals surface area contributed by atoms with Crippen molar-refractivity contribution in [3.8, 4) is 0 Å². The Balaban J connectivity index is 2.76. The van der Waals surface area contributed by atoms with Gasteiger partial charge in [-0.25, -0.2) is 4.79 Å². The molecule has 0 aliphatic heterocycles. The predicted molar refractivity (Wildman–Crippen MR) is 40.5 cm³/mol. The van der Waals surface area contributed by atoms with Crippen LogP contribution in [0.15, 0.2) is 11.6 Å². The van der Waals surface area contributed by atoms with Gasteiger partial charge < -0.3 is 9.84 Å². The fourth-order valence-corrected chi connectivity index (χ4v) is 1.30. The Kier molecular flexibility index (Phi) is 2.47. The molecule has 0 saturated heterocycles. The van der Waals surface area contributed by atoms with E-state index in [0.717, 1.165) is 0 Å². The number of hydrogen-bond acceptors (Lipinski definition) is 3. The molecule has 1 aliphatic rings. The van der Waals surface area contributed by atoms with Crippen molar-refractivity contribution in [3.05, 3.63) is 11.6 Å². The predicted octanol–water partition coefficient (Wildman–Crippen LogP) is 0.580. The summed E-state index contributed by atoms with van der Waals surface area (Å²) in [6, 6.07) is 0. The highest BCUT2D eigenvalue weighted by Gasteiger charge is 2.30. The second kappa shape index (κ2) is 3.38. The summed E-state index contributed by atoms with van der Waals surface area (Å²) in [6.45, 7) is 0. The number of esters is 1. The van der Waals surface area contributed by atoms with Crippen LogP contribution in [0, 0.1) is 5.92 Å². The molecule has 1 N–H and O–H groups in total. The number of methoxy groups -OCH3 is 1. The largest absolute Gasteiger partial charge is 0.481 e. The van der Waals surface area contributed by atoms with Crippen LogP contribution in [0.25, 0.3) is 0 Å². The molecule has 1 unspecified atom stereocenters. The van der Waals surface area contributed by atoms with E-state index in [1.54, 1.807) is 6.08 Å². The lowest BCUT2D eigenvalue weighted by molar-refractivity contribution is -0.144. The normalized spacial score (nSPS) is 21.8. The van der Waals surface area contributed by atoms with Crippen molar-refractivity contribution < 1.29 is 19.4 Å². The molecule has 0 fully saturated rings. The zero-order valence-electron chi connectivity index (χ0n) is 6.74. The third-order valence-electron chi connectivity index (χ3n) is 1.91. The van der Waals surface area contributed by atoms with E-state index in [4.69, 9.17) is 5.11 Å². The van der Waals surface area contributed by atoms with Crippen LogP contribution >= 0.6 is 0 Å². The average Bonchev–Trinajstić information content (AvgIpc) is 2.50. The standard InChI is InChI=1S/C8H10O4/c1-12-8(11)6-4-2-3-5(6)7(9)10/h4-5H,2-3H2,1H3,(H,9,10). The fourth-order valence-electron chi connectivity index (χ4n) is 1.30. The van der Waals surface area contributed by atoms with E-state index < -0.39 is 17.9 Å². The molecule has 0 bridgehead atoms. The van der Waals surface area contributed by atoms with Crippen LogP contribution < -0.4 is 0 Å². The topological polar surface area (TPSA) is 63.6 Å². The Morgan fingerprint density at radius 1 is 1.67 bits per heavy atom. The van der Waals surface area contributed by atoms with Crippen LogP contribution in [-0.2, 0) is 14.3 Å². The summed E-state index contributed by atoms with van der Waals surface area (Å²) in [6.07, 6.45) is 2.77. The van der Waals surface area contributed by atoms with Gasteiger partial charge in [-0.05, 0) is 12.8 Å². The van der Waals surface area contributed by atoms with Gasteiger partial charge in [0, 0.05) is 5.57 Å². The Hall–Kier alpha value is -1.32. The van der Waals surface area contributed by atoms with Gasteiger partial charge in [0.1, 0.15) is 0 Å². The molecule has 0 heterocycles. The first kappa shape index (κ1) is 8.77. The van der Waals surface area contributed by atoms with Gasteiger partial charge >= 0.3 is 11.9 Å². The van der Waals surface area contributed by atoms with Gasteiger partial charge in [0.25, 0.3) is 0 Å². The highest BCUT2D eigenvalue weighted by molar-refractivity contribution is 5.95. The van der Waals surface area contributed by atoms with E-state index in [1.165, 1.54) is 7.11 Å². The minimum Gasteiger partial charge on any atom is -0.481 e. The molecule has 1 atom stereocenters. The number of aliphatic carboxylic acids is 1. The maximum atomic E-state index is 11.0. The molecule has 0 aromatic rings. The maximum absolute atomic E-state index is 11.0.